The number of anilines is 3. The lowest BCUT2D eigenvalue weighted by atomic mass is 10.1. The van der Waals surface area contributed by atoms with Crippen molar-refractivity contribution in [1.29, 1.82) is 0 Å². The second kappa shape index (κ2) is 10.5. The molecule has 3 nitrogen and oxygen atoms in total. The van der Waals surface area contributed by atoms with Gasteiger partial charge in [-0.15, -0.1) is 34.0 Å². The molecule has 6 heteroatoms. The summed E-state index contributed by atoms with van der Waals surface area (Å²) < 4.78 is 12.5. The predicted octanol–water partition coefficient (Wildman–Crippen LogP) is 14.1. The molecule has 49 heavy (non-hydrogen) atoms. The zero-order valence-electron chi connectivity index (χ0n) is 25.9. The van der Waals surface area contributed by atoms with Crippen molar-refractivity contribution in [2.24, 2.45) is 0 Å². The molecule has 0 N–H and O–H groups in total. The lowest BCUT2D eigenvalue weighted by Crippen LogP contribution is -2.09. The predicted molar refractivity (Wildman–Crippen MR) is 213 cm³/mol. The summed E-state index contributed by atoms with van der Waals surface area (Å²) >= 11 is 5.45. The van der Waals surface area contributed by atoms with Crippen LogP contribution in [0.25, 0.3) is 83.1 Å². The molecule has 0 radical (unpaired) electrons. The van der Waals surface area contributed by atoms with Crippen molar-refractivity contribution in [3.05, 3.63) is 146 Å². The molecule has 4 aromatic heterocycles. The zero-order valence-corrected chi connectivity index (χ0v) is 28.3. The topological polar surface area (TPSA) is 29.3 Å². The maximum atomic E-state index is 6.23. The summed E-state index contributed by atoms with van der Waals surface area (Å²) in [7, 11) is 0. The molecule has 0 aliphatic carbocycles. The smallest absolute Gasteiger partial charge is 0.135 e. The van der Waals surface area contributed by atoms with Gasteiger partial charge in [-0.3, -0.25) is 0 Å². The number of furan rings is 1. The van der Waals surface area contributed by atoms with E-state index < -0.39 is 0 Å². The summed E-state index contributed by atoms with van der Waals surface area (Å²) in [5.74, 6) is 0. The number of thiophene rings is 2. The maximum Gasteiger partial charge on any atom is 0.135 e. The van der Waals surface area contributed by atoms with Crippen molar-refractivity contribution in [3.8, 4) is 10.6 Å². The average molecular weight is 681 g/mol. The summed E-state index contributed by atoms with van der Waals surface area (Å²) in [6, 6.07) is 52.3. The third kappa shape index (κ3) is 4.21. The SMILES string of the molecule is c1ccc(-c2nc3c(ccc4sc5cc(N(c6ccc7c(c6)sc6ccccc67)c6ccc7oc8ccccc8c7c6)ccc5c43)s2)cc1. The summed E-state index contributed by atoms with van der Waals surface area (Å²) in [4.78, 5) is 7.58. The van der Waals surface area contributed by atoms with Gasteiger partial charge < -0.3 is 9.32 Å². The molecule has 0 saturated heterocycles. The van der Waals surface area contributed by atoms with Gasteiger partial charge in [0, 0.05) is 73.7 Å². The molecular formula is C43H24N2OS3. The standard InChI is InChI=1S/C43H24N2OS3/c1-2-8-25(9-3-1)43-44-42-38(49-43)21-20-37-41(42)32-18-15-28(24-40(32)48-37)45(26-16-19-35-33(22-26)29-10-4-6-12-34(29)46-35)27-14-17-31-30-11-5-7-13-36(30)47-39(31)23-27/h1-24H. The Kier molecular flexibility index (Phi) is 5.87. The largest absolute Gasteiger partial charge is 0.456 e. The van der Waals surface area contributed by atoms with Gasteiger partial charge >= 0.3 is 0 Å². The van der Waals surface area contributed by atoms with Crippen molar-refractivity contribution < 1.29 is 4.42 Å². The third-order valence-electron chi connectivity index (χ3n) is 9.50. The Bertz CT molecular complexity index is 3070. The molecule has 0 spiro atoms. The van der Waals surface area contributed by atoms with Crippen LogP contribution in [0, 0.1) is 0 Å². The number of hydrogen-bond acceptors (Lipinski definition) is 6. The molecule has 11 aromatic rings. The van der Waals surface area contributed by atoms with Crippen molar-refractivity contribution in [1.82, 2.24) is 4.98 Å². The molecule has 0 aliphatic heterocycles. The highest BCUT2D eigenvalue weighted by Crippen LogP contribution is 2.46. The van der Waals surface area contributed by atoms with Crippen LogP contribution in [-0.4, -0.2) is 4.98 Å². The van der Waals surface area contributed by atoms with Crippen LogP contribution in [0.3, 0.4) is 0 Å². The molecule has 0 bridgehead atoms. The number of hydrogen-bond donors (Lipinski definition) is 0. The van der Waals surface area contributed by atoms with E-state index in [1.807, 2.05) is 34.8 Å². The van der Waals surface area contributed by atoms with E-state index in [1.54, 1.807) is 11.3 Å². The first-order valence-electron chi connectivity index (χ1n) is 16.2. The Morgan fingerprint density at radius 2 is 1.06 bits per heavy atom. The number of rotatable bonds is 4. The molecule has 0 amide bonds. The van der Waals surface area contributed by atoms with Gasteiger partial charge in [0.2, 0.25) is 0 Å². The summed E-state index contributed by atoms with van der Waals surface area (Å²) in [6.45, 7) is 0. The lowest BCUT2D eigenvalue weighted by molar-refractivity contribution is 0.669. The molecule has 0 fully saturated rings. The van der Waals surface area contributed by atoms with Crippen LogP contribution in [0.1, 0.15) is 0 Å². The molecule has 0 unspecified atom stereocenters. The Labute approximate surface area is 292 Å². The molecule has 0 saturated carbocycles. The number of aromatic nitrogens is 1. The molecule has 0 atom stereocenters. The Hall–Kier alpha value is -5.53. The first kappa shape index (κ1) is 27.4. The van der Waals surface area contributed by atoms with Gasteiger partial charge in [-0.05, 0) is 66.7 Å². The maximum absolute atomic E-state index is 6.23. The molecule has 4 heterocycles. The van der Waals surface area contributed by atoms with E-state index in [9.17, 15) is 0 Å². The van der Waals surface area contributed by atoms with Gasteiger partial charge in [0.25, 0.3) is 0 Å². The highest BCUT2D eigenvalue weighted by molar-refractivity contribution is 7.27. The van der Waals surface area contributed by atoms with Gasteiger partial charge in [-0.2, -0.15) is 0 Å². The van der Waals surface area contributed by atoms with Gasteiger partial charge in [-0.1, -0.05) is 78.9 Å². The molecule has 11 rings (SSSR count). The minimum atomic E-state index is 0.895. The van der Waals surface area contributed by atoms with Crippen molar-refractivity contribution in [2.45, 2.75) is 0 Å². The van der Waals surface area contributed by atoms with Crippen LogP contribution in [0.2, 0.25) is 0 Å². The number of thiazole rings is 1. The minimum Gasteiger partial charge on any atom is -0.456 e. The second-order valence-corrected chi connectivity index (χ2v) is 15.5. The first-order valence-corrected chi connectivity index (χ1v) is 18.6. The summed E-state index contributed by atoms with van der Waals surface area (Å²) in [5, 5.41) is 8.39. The molecule has 7 aromatic carbocycles. The number of benzene rings is 7. The van der Waals surface area contributed by atoms with E-state index in [0.717, 1.165) is 55.1 Å². The number of nitrogens with zero attached hydrogens (tertiary/aromatic N) is 2. The monoisotopic (exact) mass is 680 g/mol. The molecule has 230 valence electrons. The van der Waals surface area contributed by atoms with E-state index in [-0.39, 0.29) is 0 Å². The van der Waals surface area contributed by atoms with Crippen LogP contribution in [0.5, 0.6) is 0 Å². The van der Waals surface area contributed by atoms with E-state index in [1.165, 1.54) is 45.0 Å². The Morgan fingerprint density at radius 1 is 0.429 bits per heavy atom. The second-order valence-electron chi connectivity index (χ2n) is 12.3. The zero-order chi connectivity index (χ0) is 32.1. The van der Waals surface area contributed by atoms with Crippen molar-refractivity contribution in [2.75, 3.05) is 4.90 Å². The van der Waals surface area contributed by atoms with Crippen LogP contribution in [-0.2, 0) is 0 Å². The van der Waals surface area contributed by atoms with Crippen LogP contribution in [0.4, 0.5) is 17.1 Å². The fourth-order valence-electron chi connectivity index (χ4n) is 7.24. The van der Waals surface area contributed by atoms with E-state index >= 15 is 0 Å². The average Bonchev–Trinajstić information content (AvgIpc) is 3.92. The highest BCUT2D eigenvalue weighted by atomic mass is 32.1. The summed E-state index contributed by atoms with van der Waals surface area (Å²) in [6.07, 6.45) is 0. The highest BCUT2D eigenvalue weighted by Gasteiger charge is 2.20. The van der Waals surface area contributed by atoms with Crippen LogP contribution in [0.15, 0.2) is 150 Å². The number of fused-ring (bicyclic) bond motifs is 11. The Morgan fingerprint density at radius 3 is 1.94 bits per heavy atom. The normalized spacial score (nSPS) is 12.1. The van der Waals surface area contributed by atoms with Crippen LogP contribution >= 0.6 is 34.0 Å². The van der Waals surface area contributed by atoms with Crippen molar-refractivity contribution in [3.63, 3.8) is 0 Å². The van der Waals surface area contributed by atoms with E-state index in [0.29, 0.717) is 0 Å². The van der Waals surface area contributed by atoms with Gasteiger partial charge in [-0.25, -0.2) is 4.98 Å². The lowest BCUT2D eigenvalue weighted by Gasteiger charge is -2.26. The fraction of sp³-hybridized carbons (Fsp3) is 0. The van der Waals surface area contributed by atoms with Crippen LogP contribution < -0.4 is 4.90 Å². The van der Waals surface area contributed by atoms with Crippen molar-refractivity contribution >= 4 is 124 Å². The Balaban J connectivity index is 1.12. The third-order valence-corrected chi connectivity index (χ3v) is 12.8. The molecule has 0 aliphatic rings. The van der Waals surface area contributed by atoms with Gasteiger partial charge in [0.1, 0.15) is 16.2 Å². The first-order chi connectivity index (χ1) is 24.2. The summed E-state index contributed by atoms with van der Waals surface area (Å²) in [5.41, 5.74) is 7.38. The van der Waals surface area contributed by atoms with E-state index in [4.69, 9.17) is 9.40 Å². The molecular weight excluding hydrogens is 657 g/mol. The fourth-order valence-corrected chi connectivity index (χ4v) is 10.5. The minimum absolute atomic E-state index is 0.895. The van der Waals surface area contributed by atoms with Gasteiger partial charge in [0.05, 0.1) is 10.2 Å². The quantitative estimate of drug-likeness (QED) is 0.185. The van der Waals surface area contributed by atoms with E-state index in [2.05, 4.69) is 138 Å². The van der Waals surface area contributed by atoms with Gasteiger partial charge in [0.15, 0.2) is 0 Å². The number of para-hydroxylation sites is 1.